The van der Waals surface area contributed by atoms with E-state index in [0.29, 0.717) is 12.1 Å². The highest BCUT2D eigenvalue weighted by Crippen LogP contribution is 2.13. The fourth-order valence-electron chi connectivity index (χ4n) is 2.17. The summed E-state index contributed by atoms with van der Waals surface area (Å²) in [5.74, 6) is -0.238. The summed E-state index contributed by atoms with van der Waals surface area (Å²) in [6.07, 6.45) is 1.80. The molecule has 118 valence electrons. The van der Waals surface area contributed by atoms with Crippen molar-refractivity contribution in [2.45, 2.75) is 23.8 Å². The monoisotopic (exact) mass is 333 g/mol. The number of carbonyl (C=O) groups is 1. The largest absolute Gasteiger partial charge is 0.355 e. The number of hydrogen-bond donors (Lipinski definition) is 3. The summed E-state index contributed by atoms with van der Waals surface area (Å²) in [5.41, 5.74) is 0.436. The Hall–Kier alpha value is -1.15. The molecule has 1 heterocycles. The Kier molecular flexibility index (Phi) is 6.60. The highest BCUT2D eigenvalue weighted by atomic mass is 35.5. The zero-order chi connectivity index (χ0) is 14.6. The minimum absolute atomic E-state index is 0. The normalized spacial score (nSPS) is 18.6. The number of sulfonamides is 1. The molecular weight excluding hydrogens is 314 g/mol. The highest BCUT2D eigenvalue weighted by molar-refractivity contribution is 7.89. The molecule has 1 unspecified atom stereocenters. The first-order valence-corrected chi connectivity index (χ1v) is 8.06. The Morgan fingerprint density at radius 1 is 1.29 bits per heavy atom. The molecule has 1 aromatic carbocycles. The summed E-state index contributed by atoms with van der Waals surface area (Å²) in [6.45, 7) is 1.58. The van der Waals surface area contributed by atoms with E-state index in [9.17, 15) is 13.2 Å². The molecule has 1 saturated heterocycles. The first-order valence-electron chi connectivity index (χ1n) is 6.58. The molecule has 1 fully saturated rings. The summed E-state index contributed by atoms with van der Waals surface area (Å²) in [5, 5.41) is 5.65. The van der Waals surface area contributed by atoms with Gasteiger partial charge in [-0.2, -0.15) is 0 Å². The summed E-state index contributed by atoms with van der Waals surface area (Å²) in [4.78, 5) is 11.6. The number of carbonyl (C=O) groups excluding carboxylic acids is 1. The third-order valence-corrected chi connectivity index (χ3v) is 4.81. The van der Waals surface area contributed by atoms with Gasteiger partial charge in [0.2, 0.25) is 10.0 Å². The quantitative estimate of drug-likeness (QED) is 0.748. The van der Waals surface area contributed by atoms with Gasteiger partial charge in [0.05, 0.1) is 4.90 Å². The van der Waals surface area contributed by atoms with Crippen LogP contribution in [0, 0.1) is 0 Å². The fourth-order valence-corrected chi connectivity index (χ4v) is 3.44. The van der Waals surface area contributed by atoms with Crippen LogP contribution in [0.25, 0.3) is 0 Å². The molecule has 3 N–H and O–H groups in total. The SMILES string of the molecule is CNC(=O)c1ccc(S(=O)(=O)NC2CCCNC2)cc1.Cl. The van der Waals surface area contributed by atoms with Gasteiger partial charge in [-0.15, -0.1) is 12.4 Å². The molecule has 2 rings (SSSR count). The van der Waals surface area contributed by atoms with Crippen molar-refractivity contribution in [2.24, 2.45) is 0 Å². The number of benzene rings is 1. The van der Waals surface area contributed by atoms with E-state index < -0.39 is 10.0 Å². The van der Waals surface area contributed by atoms with Crippen molar-refractivity contribution in [3.05, 3.63) is 29.8 Å². The number of piperidine rings is 1. The average Bonchev–Trinajstić information content (AvgIpc) is 2.47. The van der Waals surface area contributed by atoms with Gasteiger partial charge >= 0.3 is 0 Å². The van der Waals surface area contributed by atoms with Gasteiger partial charge < -0.3 is 10.6 Å². The van der Waals surface area contributed by atoms with Crippen LogP contribution in [0.3, 0.4) is 0 Å². The molecule has 0 saturated carbocycles. The molecule has 6 nitrogen and oxygen atoms in total. The maximum absolute atomic E-state index is 12.2. The van der Waals surface area contributed by atoms with Crippen LogP contribution >= 0.6 is 12.4 Å². The molecule has 0 radical (unpaired) electrons. The van der Waals surface area contributed by atoms with E-state index in [1.54, 1.807) is 0 Å². The molecule has 0 spiro atoms. The number of hydrogen-bond acceptors (Lipinski definition) is 4. The summed E-state index contributed by atoms with van der Waals surface area (Å²) in [7, 11) is -2.00. The zero-order valence-electron chi connectivity index (χ0n) is 11.8. The van der Waals surface area contributed by atoms with Gasteiger partial charge in [-0.1, -0.05) is 0 Å². The van der Waals surface area contributed by atoms with Crippen LogP contribution in [0.1, 0.15) is 23.2 Å². The Morgan fingerprint density at radius 2 is 1.95 bits per heavy atom. The lowest BCUT2D eigenvalue weighted by Crippen LogP contribution is -2.45. The van der Waals surface area contributed by atoms with Crippen LogP contribution in [0.2, 0.25) is 0 Å². The van der Waals surface area contributed by atoms with Crippen molar-refractivity contribution < 1.29 is 13.2 Å². The number of nitrogens with one attached hydrogen (secondary N) is 3. The van der Waals surface area contributed by atoms with Gasteiger partial charge in [0.25, 0.3) is 5.91 Å². The van der Waals surface area contributed by atoms with Crippen LogP contribution in [-0.4, -0.2) is 40.5 Å². The lowest BCUT2D eigenvalue weighted by Gasteiger charge is -2.23. The first kappa shape index (κ1) is 17.9. The van der Waals surface area contributed by atoms with E-state index in [1.807, 2.05) is 0 Å². The molecule has 0 aromatic heterocycles. The van der Waals surface area contributed by atoms with Crippen LogP contribution in [-0.2, 0) is 10.0 Å². The van der Waals surface area contributed by atoms with Crippen molar-refractivity contribution in [1.29, 1.82) is 0 Å². The van der Waals surface area contributed by atoms with Gasteiger partial charge in [-0.05, 0) is 43.7 Å². The number of rotatable bonds is 4. The molecule has 1 aliphatic rings. The Balaban J connectivity index is 0.00000220. The Morgan fingerprint density at radius 3 is 2.48 bits per heavy atom. The summed E-state index contributed by atoms with van der Waals surface area (Å²) < 4.78 is 27.1. The first-order chi connectivity index (χ1) is 9.53. The van der Waals surface area contributed by atoms with Crippen molar-refractivity contribution in [3.63, 3.8) is 0 Å². The van der Waals surface area contributed by atoms with Crippen molar-refractivity contribution >= 4 is 28.3 Å². The number of amides is 1. The highest BCUT2D eigenvalue weighted by Gasteiger charge is 2.21. The van der Waals surface area contributed by atoms with Gasteiger partial charge in [-0.25, -0.2) is 13.1 Å². The third kappa shape index (κ3) is 4.67. The van der Waals surface area contributed by atoms with Crippen molar-refractivity contribution in [3.8, 4) is 0 Å². The Labute approximate surface area is 131 Å². The minimum Gasteiger partial charge on any atom is -0.355 e. The van der Waals surface area contributed by atoms with Crippen LogP contribution in [0.5, 0.6) is 0 Å². The lowest BCUT2D eigenvalue weighted by atomic mass is 10.1. The van der Waals surface area contributed by atoms with Crippen LogP contribution < -0.4 is 15.4 Å². The van der Waals surface area contributed by atoms with E-state index in [1.165, 1.54) is 31.3 Å². The predicted octanol–water partition coefficient (Wildman–Crippen LogP) is 0.498. The second kappa shape index (κ2) is 7.74. The average molecular weight is 334 g/mol. The topological polar surface area (TPSA) is 87.3 Å². The third-order valence-electron chi connectivity index (χ3n) is 3.27. The molecule has 1 aromatic rings. The van der Waals surface area contributed by atoms with E-state index in [2.05, 4.69) is 15.4 Å². The fraction of sp³-hybridized carbons (Fsp3) is 0.462. The Bertz CT molecular complexity index is 569. The van der Waals surface area contributed by atoms with Gasteiger partial charge in [0.15, 0.2) is 0 Å². The number of halogens is 1. The van der Waals surface area contributed by atoms with Crippen molar-refractivity contribution in [1.82, 2.24) is 15.4 Å². The second-order valence-electron chi connectivity index (χ2n) is 4.77. The molecule has 1 atom stereocenters. The molecule has 1 aliphatic heterocycles. The molecule has 1 amide bonds. The van der Waals surface area contributed by atoms with E-state index in [-0.39, 0.29) is 29.3 Å². The molecule has 0 aliphatic carbocycles. The molecular formula is C13H20ClN3O3S. The minimum atomic E-state index is -3.53. The van der Waals surface area contributed by atoms with Gasteiger partial charge in [0.1, 0.15) is 0 Å². The van der Waals surface area contributed by atoms with Crippen LogP contribution in [0.4, 0.5) is 0 Å². The van der Waals surface area contributed by atoms with Gasteiger partial charge in [-0.3, -0.25) is 4.79 Å². The maximum atomic E-state index is 12.2. The van der Waals surface area contributed by atoms with E-state index >= 15 is 0 Å². The molecule has 21 heavy (non-hydrogen) atoms. The summed E-state index contributed by atoms with van der Waals surface area (Å²) >= 11 is 0. The van der Waals surface area contributed by atoms with Crippen molar-refractivity contribution in [2.75, 3.05) is 20.1 Å². The van der Waals surface area contributed by atoms with E-state index in [0.717, 1.165) is 19.4 Å². The standard InChI is InChI=1S/C13H19N3O3S.ClH/c1-14-13(17)10-4-6-12(7-5-10)20(18,19)16-11-3-2-8-15-9-11;/h4-7,11,15-16H,2-3,8-9H2,1H3,(H,14,17);1H. The van der Waals surface area contributed by atoms with Gasteiger partial charge in [0, 0.05) is 25.2 Å². The molecule has 0 bridgehead atoms. The summed E-state index contributed by atoms with van der Waals surface area (Å²) in [6, 6.07) is 5.83. The molecule has 8 heteroatoms. The maximum Gasteiger partial charge on any atom is 0.251 e. The zero-order valence-corrected chi connectivity index (χ0v) is 13.4. The smallest absolute Gasteiger partial charge is 0.251 e. The van der Waals surface area contributed by atoms with Crippen LogP contribution in [0.15, 0.2) is 29.2 Å². The lowest BCUT2D eigenvalue weighted by molar-refractivity contribution is 0.0963. The predicted molar refractivity (Wildman–Crippen MR) is 83.3 cm³/mol. The van der Waals surface area contributed by atoms with E-state index in [4.69, 9.17) is 0 Å². The second-order valence-corrected chi connectivity index (χ2v) is 6.48.